The third-order valence-corrected chi connectivity index (χ3v) is 4.85. The van der Waals surface area contributed by atoms with E-state index in [4.69, 9.17) is 35.4 Å². The Morgan fingerprint density at radius 1 is 1.38 bits per heavy atom. The topological polar surface area (TPSA) is 41.3 Å². The Morgan fingerprint density at radius 3 is 2.81 bits per heavy atom. The lowest BCUT2D eigenvalue weighted by molar-refractivity contribution is 0.463. The van der Waals surface area contributed by atoms with E-state index < -0.39 is 0 Å². The largest absolute Gasteiger partial charge is 0.508 e. The van der Waals surface area contributed by atoms with E-state index in [1.54, 1.807) is 23.0 Å². The number of rotatable bonds is 2. The van der Waals surface area contributed by atoms with E-state index >= 15 is 0 Å². The van der Waals surface area contributed by atoms with Crippen molar-refractivity contribution < 1.29 is 5.11 Å². The lowest BCUT2D eigenvalue weighted by Crippen LogP contribution is -2.22. The number of hydrogen-bond donors (Lipinski definition) is 1. The molecule has 1 aliphatic heterocycles. The molecule has 0 amide bonds. The van der Waals surface area contributed by atoms with Crippen LogP contribution in [0.15, 0.2) is 24.5 Å². The number of thiocarbonyl (C=S) groups is 1. The quantitative estimate of drug-likeness (QED) is 0.844. The summed E-state index contributed by atoms with van der Waals surface area (Å²) in [7, 11) is 1.86. The van der Waals surface area contributed by atoms with Gasteiger partial charge in [0.2, 0.25) is 0 Å². The zero-order valence-corrected chi connectivity index (χ0v) is 13.6. The van der Waals surface area contributed by atoms with Gasteiger partial charge in [-0.15, -0.1) is 0 Å². The summed E-state index contributed by atoms with van der Waals surface area (Å²) >= 11 is 17.8. The Kier molecular flexibility index (Phi) is 3.82. The first-order chi connectivity index (χ1) is 9.97. The van der Waals surface area contributed by atoms with Crippen LogP contribution in [-0.2, 0) is 7.05 Å². The molecule has 3 rings (SSSR count). The predicted octanol–water partition coefficient (Wildman–Crippen LogP) is 3.75. The van der Waals surface area contributed by atoms with Crippen molar-refractivity contribution in [3.63, 3.8) is 0 Å². The Morgan fingerprint density at radius 2 is 2.14 bits per heavy atom. The molecule has 1 atom stereocenters. The first kappa shape index (κ1) is 14.6. The summed E-state index contributed by atoms with van der Waals surface area (Å²) in [5.41, 5.74) is 1.61. The van der Waals surface area contributed by atoms with Gasteiger partial charge in [-0.25, -0.2) is 0 Å². The van der Waals surface area contributed by atoms with E-state index in [9.17, 15) is 5.11 Å². The van der Waals surface area contributed by atoms with Crippen LogP contribution >= 0.6 is 35.4 Å². The molecule has 0 radical (unpaired) electrons. The maximum atomic E-state index is 10.1. The summed E-state index contributed by atoms with van der Waals surface area (Å²) in [4.78, 5) is 2.83. The second-order valence-corrected chi connectivity index (χ2v) is 6.33. The van der Waals surface area contributed by atoms with Gasteiger partial charge in [0.15, 0.2) is 0 Å². The highest BCUT2D eigenvalue weighted by molar-refractivity contribution is 7.80. The number of hydrogen-bond acceptors (Lipinski definition) is 3. The molecule has 1 aromatic carbocycles. The van der Waals surface area contributed by atoms with Gasteiger partial charge < -0.3 is 10.0 Å². The van der Waals surface area contributed by atoms with Crippen molar-refractivity contribution in [2.45, 2.75) is 12.3 Å². The first-order valence-electron chi connectivity index (χ1n) is 6.43. The molecule has 110 valence electrons. The third kappa shape index (κ3) is 2.61. The average molecular weight is 342 g/mol. The molecule has 4 nitrogen and oxygen atoms in total. The average Bonchev–Trinajstić information content (AvgIpc) is 3.01. The predicted molar refractivity (Wildman–Crippen MR) is 88.6 cm³/mol. The summed E-state index contributed by atoms with van der Waals surface area (Å²) in [6.07, 6.45) is 4.33. The van der Waals surface area contributed by atoms with Gasteiger partial charge in [0, 0.05) is 37.7 Å². The summed E-state index contributed by atoms with van der Waals surface area (Å²) in [6, 6.07) is 3.16. The number of phenolic OH excluding ortho intramolecular Hbond substituents is 1. The Balaban J connectivity index is 1.93. The first-order valence-corrected chi connectivity index (χ1v) is 7.59. The van der Waals surface area contributed by atoms with Crippen LogP contribution in [0.1, 0.15) is 17.9 Å². The fourth-order valence-electron chi connectivity index (χ4n) is 2.64. The zero-order valence-electron chi connectivity index (χ0n) is 11.3. The number of phenols is 1. The Bertz CT molecular complexity index is 716. The van der Waals surface area contributed by atoms with Crippen LogP contribution in [0.25, 0.3) is 0 Å². The fourth-order valence-corrected chi connectivity index (χ4v) is 3.50. The lowest BCUT2D eigenvalue weighted by atomic mass is 9.97. The van der Waals surface area contributed by atoms with Crippen LogP contribution in [-0.4, -0.2) is 26.4 Å². The second kappa shape index (κ2) is 5.48. The Hall–Kier alpha value is -1.30. The van der Waals surface area contributed by atoms with Gasteiger partial charge >= 0.3 is 0 Å². The van der Waals surface area contributed by atoms with Gasteiger partial charge in [-0.2, -0.15) is 5.10 Å². The van der Waals surface area contributed by atoms with Crippen molar-refractivity contribution in [1.29, 1.82) is 0 Å². The molecule has 1 saturated heterocycles. The standard InChI is InChI=1S/C14H13Cl2N3OS/c1-18-7-9(5-17-18)19-6-8(4-12(19)21)13-11(20)3-2-10(15)14(13)16/h2-3,5,7-8,20H,4,6H2,1H3. The molecule has 0 bridgehead atoms. The van der Waals surface area contributed by atoms with E-state index in [2.05, 4.69) is 5.10 Å². The summed E-state index contributed by atoms with van der Waals surface area (Å²) in [5, 5.41) is 15.1. The van der Waals surface area contributed by atoms with Gasteiger partial charge in [-0.3, -0.25) is 4.68 Å². The highest BCUT2D eigenvalue weighted by atomic mass is 35.5. The van der Waals surface area contributed by atoms with Gasteiger partial charge in [-0.1, -0.05) is 35.4 Å². The molecule has 1 fully saturated rings. The molecule has 7 heteroatoms. The monoisotopic (exact) mass is 341 g/mol. The van der Waals surface area contributed by atoms with Crippen molar-refractivity contribution in [1.82, 2.24) is 9.78 Å². The van der Waals surface area contributed by atoms with Gasteiger partial charge in [-0.05, 0) is 12.1 Å². The minimum absolute atomic E-state index is 0.0175. The molecule has 21 heavy (non-hydrogen) atoms. The lowest BCUT2D eigenvalue weighted by Gasteiger charge is -2.17. The highest BCUT2D eigenvalue weighted by Gasteiger charge is 2.32. The molecular weight excluding hydrogens is 329 g/mol. The minimum atomic E-state index is 0.0175. The van der Waals surface area contributed by atoms with Crippen LogP contribution in [0.5, 0.6) is 5.75 Å². The van der Waals surface area contributed by atoms with E-state index in [0.717, 1.165) is 10.7 Å². The van der Waals surface area contributed by atoms with Crippen molar-refractivity contribution in [3.05, 3.63) is 40.1 Å². The van der Waals surface area contributed by atoms with Gasteiger partial charge in [0.25, 0.3) is 0 Å². The van der Waals surface area contributed by atoms with E-state index in [0.29, 0.717) is 28.6 Å². The molecule has 2 aromatic rings. The molecule has 0 aliphatic carbocycles. The summed E-state index contributed by atoms with van der Waals surface area (Å²) in [6.45, 7) is 0.651. The maximum absolute atomic E-state index is 10.1. The summed E-state index contributed by atoms with van der Waals surface area (Å²) < 4.78 is 1.73. The SMILES string of the molecule is Cn1cc(N2CC(c3c(O)ccc(Cl)c3Cl)CC2=S)cn1. The molecule has 2 heterocycles. The maximum Gasteiger partial charge on any atom is 0.120 e. The van der Waals surface area contributed by atoms with Crippen molar-refractivity contribution in [2.24, 2.45) is 7.05 Å². The van der Waals surface area contributed by atoms with Crippen molar-refractivity contribution in [3.8, 4) is 5.75 Å². The number of aryl methyl sites for hydroxylation is 1. The van der Waals surface area contributed by atoms with Crippen LogP contribution in [0, 0.1) is 0 Å². The Labute approximate surface area is 137 Å². The molecule has 0 saturated carbocycles. The number of aromatic nitrogens is 2. The minimum Gasteiger partial charge on any atom is -0.508 e. The molecule has 1 N–H and O–H groups in total. The van der Waals surface area contributed by atoms with Crippen LogP contribution < -0.4 is 4.90 Å². The van der Waals surface area contributed by atoms with E-state index in [-0.39, 0.29) is 11.7 Å². The van der Waals surface area contributed by atoms with E-state index in [1.807, 2.05) is 18.1 Å². The van der Waals surface area contributed by atoms with Crippen molar-refractivity contribution >= 4 is 46.1 Å². The number of aromatic hydroxyl groups is 1. The van der Waals surface area contributed by atoms with Crippen LogP contribution in [0.4, 0.5) is 5.69 Å². The second-order valence-electron chi connectivity index (χ2n) is 5.07. The smallest absolute Gasteiger partial charge is 0.120 e. The molecule has 0 spiro atoms. The molecule has 1 unspecified atom stereocenters. The number of halogens is 2. The molecule has 1 aromatic heterocycles. The number of nitrogens with zero attached hydrogens (tertiary/aromatic N) is 3. The third-order valence-electron chi connectivity index (χ3n) is 3.65. The van der Waals surface area contributed by atoms with Gasteiger partial charge in [0.05, 0.1) is 26.9 Å². The summed E-state index contributed by atoms with van der Waals surface area (Å²) in [5.74, 6) is 0.175. The fraction of sp³-hybridized carbons (Fsp3) is 0.286. The normalized spacial score (nSPS) is 18.5. The highest BCUT2D eigenvalue weighted by Crippen LogP contribution is 2.42. The number of benzene rings is 1. The molecular formula is C14H13Cl2N3OS. The van der Waals surface area contributed by atoms with Crippen molar-refractivity contribution in [2.75, 3.05) is 11.4 Å². The molecule has 1 aliphatic rings. The van der Waals surface area contributed by atoms with Crippen LogP contribution in [0.3, 0.4) is 0 Å². The van der Waals surface area contributed by atoms with Crippen LogP contribution in [0.2, 0.25) is 10.0 Å². The number of anilines is 1. The van der Waals surface area contributed by atoms with E-state index in [1.165, 1.54) is 0 Å². The zero-order chi connectivity index (χ0) is 15.1. The van der Waals surface area contributed by atoms with Gasteiger partial charge in [0.1, 0.15) is 5.75 Å².